The topological polar surface area (TPSA) is 0 Å². The summed E-state index contributed by atoms with van der Waals surface area (Å²) in [4.78, 5) is 0. The van der Waals surface area contributed by atoms with Crippen LogP contribution < -0.4 is 0 Å². The molecule has 0 heteroatoms. The maximum Gasteiger partial charge on any atom is 0.0352 e. The molecule has 2 atom stereocenters. The quantitative estimate of drug-likeness (QED) is 0.186. The van der Waals surface area contributed by atoms with E-state index in [0.29, 0.717) is 0 Å². The van der Waals surface area contributed by atoms with Crippen LogP contribution in [0.3, 0.4) is 0 Å². The fourth-order valence-electron chi connectivity index (χ4n) is 8.53. The van der Waals surface area contributed by atoms with Gasteiger partial charge in [0.25, 0.3) is 0 Å². The third-order valence-corrected chi connectivity index (χ3v) is 10.7. The lowest BCUT2D eigenvalue weighted by Gasteiger charge is -2.18. The van der Waals surface area contributed by atoms with Gasteiger partial charge in [-0.25, -0.2) is 0 Å². The molecule has 8 aromatic rings. The van der Waals surface area contributed by atoms with Crippen molar-refractivity contribution in [3.8, 4) is 44.5 Å². The first-order chi connectivity index (χ1) is 23.8. The molecular formula is C48H32. The summed E-state index contributed by atoms with van der Waals surface area (Å²) in [7, 11) is 0. The highest BCUT2D eigenvalue weighted by atomic mass is 14.4. The molecule has 224 valence electrons. The van der Waals surface area contributed by atoms with E-state index in [0.717, 1.165) is 0 Å². The highest BCUT2D eigenvalue weighted by Gasteiger charge is 2.38. The monoisotopic (exact) mass is 608 g/mol. The van der Waals surface area contributed by atoms with Crippen molar-refractivity contribution in [2.75, 3.05) is 0 Å². The number of hydrogen-bond donors (Lipinski definition) is 0. The second-order valence-corrected chi connectivity index (χ2v) is 13.2. The summed E-state index contributed by atoms with van der Waals surface area (Å²) in [5.74, 6) is 0.400. The van der Waals surface area contributed by atoms with Crippen molar-refractivity contribution in [3.05, 3.63) is 215 Å². The average molecular weight is 609 g/mol. The minimum atomic E-state index is 0.194. The first-order valence-electron chi connectivity index (χ1n) is 16.9. The molecule has 2 aliphatic rings. The van der Waals surface area contributed by atoms with Crippen molar-refractivity contribution in [2.24, 2.45) is 0 Å². The van der Waals surface area contributed by atoms with E-state index in [9.17, 15) is 0 Å². The Morgan fingerprint density at radius 3 is 1.35 bits per heavy atom. The van der Waals surface area contributed by atoms with Crippen LogP contribution in [-0.4, -0.2) is 0 Å². The molecule has 2 unspecified atom stereocenters. The minimum absolute atomic E-state index is 0.194. The van der Waals surface area contributed by atoms with Gasteiger partial charge in [0.1, 0.15) is 0 Å². The molecule has 0 spiro atoms. The van der Waals surface area contributed by atoms with Crippen LogP contribution in [0.2, 0.25) is 0 Å². The van der Waals surface area contributed by atoms with Crippen LogP contribution in [0.4, 0.5) is 0 Å². The van der Waals surface area contributed by atoms with Gasteiger partial charge >= 0.3 is 0 Å². The standard InChI is InChI=1S/C48H32/c1-2-11-31(12-3-1)32-21-25-35(26-22-32)45-39-16-6-8-18-41(39)47-43(45)29-30-44-46(40-17-7-9-19-42(40)48(44)47)36-27-23-34(24-28-36)38-20-10-14-33-13-4-5-15-37(33)38/h1-30,45-46H. The Morgan fingerprint density at radius 1 is 0.271 bits per heavy atom. The Balaban J connectivity index is 1.10. The number of hydrogen-bond acceptors (Lipinski definition) is 0. The second kappa shape index (κ2) is 10.8. The molecule has 0 nitrogen and oxygen atoms in total. The van der Waals surface area contributed by atoms with E-state index in [4.69, 9.17) is 0 Å². The molecule has 48 heavy (non-hydrogen) atoms. The fourth-order valence-corrected chi connectivity index (χ4v) is 8.53. The summed E-state index contributed by atoms with van der Waals surface area (Å²) in [6.45, 7) is 0. The Bertz CT molecular complexity index is 2480. The molecule has 0 N–H and O–H groups in total. The van der Waals surface area contributed by atoms with E-state index >= 15 is 0 Å². The summed E-state index contributed by atoms with van der Waals surface area (Å²) in [6.07, 6.45) is 0. The zero-order chi connectivity index (χ0) is 31.6. The molecule has 0 radical (unpaired) electrons. The highest BCUT2D eigenvalue weighted by Crippen LogP contribution is 2.58. The van der Waals surface area contributed by atoms with E-state index < -0.39 is 0 Å². The highest BCUT2D eigenvalue weighted by molar-refractivity contribution is 5.99. The van der Waals surface area contributed by atoms with E-state index in [2.05, 4.69) is 182 Å². The van der Waals surface area contributed by atoms with Crippen molar-refractivity contribution < 1.29 is 0 Å². The van der Waals surface area contributed by atoms with Gasteiger partial charge in [-0.2, -0.15) is 0 Å². The maximum atomic E-state index is 2.43. The smallest absolute Gasteiger partial charge is 0.0352 e. The Hall–Kier alpha value is -5.98. The largest absolute Gasteiger partial charge is 0.0622 e. The molecule has 0 bridgehead atoms. The first kappa shape index (κ1) is 27.2. The molecule has 10 rings (SSSR count). The predicted molar refractivity (Wildman–Crippen MR) is 200 cm³/mol. The van der Waals surface area contributed by atoms with Gasteiger partial charge in [0, 0.05) is 11.8 Å². The summed E-state index contributed by atoms with van der Waals surface area (Å²) in [5.41, 5.74) is 18.9. The normalized spacial score (nSPS) is 15.5. The maximum absolute atomic E-state index is 2.43. The van der Waals surface area contributed by atoms with Crippen LogP contribution >= 0.6 is 0 Å². The molecule has 2 aliphatic carbocycles. The third-order valence-electron chi connectivity index (χ3n) is 10.7. The molecule has 0 saturated carbocycles. The molecule has 0 aliphatic heterocycles. The van der Waals surface area contributed by atoms with Crippen LogP contribution in [0.5, 0.6) is 0 Å². The van der Waals surface area contributed by atoms with Gasteiger partial charge in [0.05, 0.1) is 0 Å². The van der Waals surface area contributed by atoms with Crippen molar-refractivity contribution in [3.63, 3.8) is 0 Å². The zero-order valence-electron chi connectivity index (χ0n) is 26.5. The number of fused-ring (bicyclic) bond motifs is 8. The molecule has 0 heterocycles. The van der Waals surface area contributed by atoms with Crippen LogP contribution in [0, 0.1) is 0 Å². The van der Waals surface area contributed by atoms with Gasteiger partial charge in [0.15, 0.2) is 0 Å². The SMILES string of the molecule is c1ccc(-c2ccc(C3c4ccccc4-c4c3ccc3c4-c4ccccc4C3c3ccc(-c4cccc5ccccc45)cc3)cc2)cc1. The van der Waals surface area contributed by atoms with Crippen molar-refractivity contribution >= 4 is 10.8 Å². The van der Waals surface area contributed by atoms with Gasteiger partial charge in [-0.1, -0.05) is 182 Å². The Labute approximate surface area is 281 Å². The Morgan fingerprint density at radius 2 is 0.729 bits per heavy atom. The van der Waals surface area contributed by atoms with Crippen LogP contribution in [0.15, 0.2) is 182 Å². The van der Waals surface area contributed by atoms with E-state index in [-0.39, 0.29) is 11.8 Å². The molecule has 0 saturated heterocycles. The van der Waals surface area contributed by atoms with Gasteiger partial charge in [0.2, 0.25) is 0 Å². The molecule has 8 aromatic carbocycles. The van der Waals surface area contributed by atoms with Crippen molar-refractivity contribution in [2.45, 2.75) is 11.8 Å². The minimum Gasteiger partial charge on any atom is -0.0622 e. The lowest BCUT2D eigenvalue weighted by atomic mass is 9.85. The molecule has 0 amide bonds. The van der Waals surface area contributed by atoms with Crippen molar-refractivity contribution in [1.29, 1.82) is 0 Å². The lowest BCUT2D eigenvalue weighted by molar-refractivity contribution is 0.998. The second-order valence-electron chi connectivity index (χ2n) is 13.2. The molecular weight excluding hydrogens is 577 g/mol. The van der Waals surface area contributed by atoms with E-state index in [1.54, 1.807) is 0 Å². The predicted octanol–water partition coefficient (Wildman–Crippen LogP) is 12.5. The average Bonchev–Trinajstić information content (AvgIpc) is 3.68. The summed E-state index contributed by atoms with van der Waals surface area (Å²) >= 11 is 0. The number of rotatable bonds is 4. The summed E-state index contributed by atoms with van der Waals surface area (Å²) in [5, 5.41) is 2.57. The lowest BCUT2D eigenvalue weighted by Crippen LogP contribution is -2.01. The van der Waals surface area contributed by atoms with E-state index in [1.807, 2.05) is 0 Å². The van der Waals surface area contributed by atoms with Crippen LogP contribution in [0.25, 0.3) is 55.3 Å². The first-order valence-corrected chi connectivity index (χ1v) is 16.9. The third kappa shape index (κ3) is 4.09. The summed E-state index contributed by atoms with van der Waals surface area (Å²) in [6, 6.07) is 67.5. The molecule has 0 aromatic heterocycles. The van der Waals surface area contributed by atoms with Crippen LogP contribution in [0.1, 0.15) is 45.2 Å². The van der Waals surface area contributed by atoms with Crippen molar-refractivity contribution in [1.82, 2.24) is 0 Å². The summed E-state index contributed by atoms with van der Waals surface area (Å²) < 4.78 is 0. The van der Waals surface area contributed by atoms with Gasteiger partial charge in [-0.3, -0.25) is 0 Å². The van der Waals surface area contributed by atoms with Gasteiger partial charge in [-0.15, -0.1) is 0 Å². The Kier molecular flexibility index (Phi) is 6.11. The van der Waals surface area contributed by atoms with Gasteiger partial charge < -0.3 is 0 Å². The van der Waals surface area contributed by atoms with Gasteiger partial charge in [-0.05, 0) is 88.7 Å². The van der Waals surface area contributed by atoms with E-state index in [1.165, 1.54) is 88.7 Å². The fraction of sp³-hybridized carbons (Fsp3) is 0.0417. The van der Waals surface area contributed by atoms with Crippen LogP contribution in [-0.2, 0) is 0 Å². The molecule has 0 fully saturated rings. The zero-order valence-corrected chi connectivity index (χ0v) is 26.5. The number of benzene rings is 8.